The van der Waals surface area contributed by atoms with Gasteiger partial charge in [0.15, 0.2) is 0 Å². The van der Waals surface area contributed by atoms with E-state index in [9.17, 15) is 8.78 Å². The Balaban J connectivity index is 0.000000251. The number of halogens is 2. The maximum atomic E-state index is 13.6. The van der Waals surface area contributed by atoms with E-state index in [2.05, 4.69) is 20.8 Å². The van der Waals surface area contributed by atoms with Crippen molar-refractivity contribution in [3.8, 4) is 0 Å². The van der Waals surface area contributed by atoms with E-state index < -0.39 is 0 Å². The third kappa shape index (κ3) is 6.41. The maximum absolute atomic E-state index is 13.6. The molecule has 0 radical (unpaired) electrons. The quantitative estimate of drug-likeness (QED) is 0.507. The monoisotopic (exact) mass is 348 g/mol. The highest BCUT2D eigenvalue weighted by Crippen LogP contribution is 2.32. The molecule has 0 heterocycles. The molecule has 25 heavy (non-hydrogen) atoms. The van der Waals surface area contributed by atoms with Crippen LogP contribution in [0.15, 0.2) is 41.2 Å². The molecule has 1 aromatic rings. The highest BCUT2D eigenvalue weighted by atomic mass is 19.1. The van der Waals surface area contributed by atoms with Gasteiger partial charge in [-0.25, -0.2) is 8.78 Å². The lowest BCUT2D eigenvalue weighted by atomic mass is 9.90. The molecule has 0 fully saturated rings. The molecule has 1 aliphatic rings. The van der Waals surface area contributed by atoms with Crippen molar-refractivity contribution in [1.29, 1.82) is 0 Å². The molecule has 0 spiro atoms. The van der Waals surface area contributed by atoms with Crippen molar-refractivity contribution < 1.29 is 8.78 Å². The summed E-state index contributed by atoms with van der Waals surface area (Å²) in [6.45, 7) is 12.3. The first kappa shape index (κ1) is 21.6. The van der Waals surface area contributed by atoms with Crippen LogP contribution in [0.25, 0.3) is 0 Å². The first-order chi connectivity index (χ1) is 11.8. The predicted octanol–water partition coefficient (Wildman–Crippen LogP) is 7.90. The molecule has 2 rings (SSSR count). The highest BCUT2D eigenvalue weighted by Gasteiger charge is 2.16. The Morgan fingerprint density at radius 2 is 1.68 bits per heavy atom. The Kier molecular flexibility index (Phi) is 9.10. The van der Waals surface area contributed by atoms with Gasteiger partial charge < -0.3 is 0 Å². The molecule has 0 nitrogen and oxygen atoms in total. The van der Waals surface area contributed by atoms with Gasteiger partial charge in [-0.3, -0.25) is 0 Å². The van der Waals surface area contributed by atoms with Crippen LogP contribution in [-0.2, 0) is 6.42 Å². The molecule has 0 aromatic heterocycles. The van der Waals surface area contributed by atoms with Gasteiger partial charge in [0, 0.05) is 0 Å². The molecule has 0 bridgehead atoms. The zero-order valence-electron chi connectivity index (χ0n) is 16.8. The van der Waals surface area contributed by atoms with Crippen LogP contribution in [0.2, 0.25) is 0 Å². The number of hydrogen-bond donors (Lipinski definition) is 0. The van der Waals surface area contributed by atoms with E-state index in [-0.39, 0.29) is 11.6 Å². The lowest BCUT2D eigenvalue weighted by Crippen LogP contribution is -2.02. The summed E-state index contributed by atoms with van der Waals surface area (Å²) in [5.74, 6) is 0.754. The largest absolute Gasteiger partial charge is 0.207 e. The second kappa shape index (κ2) is 10.5. The van der Waals surface area contributed by atoms with E-state index in [1.807, 2.05) is 39.0 Å². The van der Waals surface area contributed by atoms with E-state index in [0.717, 1.165) is 54.4 Å². The van der Waals surface area contributed by atoms with Crippen LogP contribution >= 0.6 is 0 Å². The Morgan fingerprint density at radius 1 is 1.00 bits per heavy atom. The number of hydrogen-bond acceptors (Lipinski definition) is 0. The standard InChI is InChI=1S/C12H17F.C11H17F/c1-4-5-10-6-7-11(9(2)3)8-12(10)13;1-4-9-6-5-7-10(8(2)3)11(9)12/h6-9H,4-5H2,1-3H3;7-8H,4-6H2,1-3H3. The molecule has 1 aliphatic carbocycles. The second-order valence-electron chi connectivity index (χ2n) is 7.38. The average Bonchev–Trinajstić information content (AvgIpc) is 2.57. The summed E-state index contributed by atoms with van der Waals surface area (Å²) in [6, 6.07) is 5.60. The number of rotatable bonds is 5. The molecule has 0 atom stereocenters. The van der Waals surface area contributed by atoms with Crippen LogP contribution in [0.1, 0.15) is 84.3 Å². The average molecular weight is 349 g/mol. The minimum atomic E-state index is -0.0481. The fraction of sp³-hybridized carbons (Fsp3) is 0.565. The van der Waals surface area contributed by atoms with Crippen molar-refractivity contribution >= 4 is 0 Å². The van der Waals surface area contributed by atoms with Crippen LogP contribution < -0.4 is 0 Å². The molecule has 140 valence electrons. The van der Waals surface area contributed by atoms with Crippen LogP contribution in [-0.4, -0.2) is 0 Å². The summed E-state index contributed by atoms with van der Waals surface area (Å²) in [5, 5.41) is 0. The second-order valence-corrected chi connectivity index (χ2v) is 7.38. The van der Waals surface area contributed by atoms with Crippen molar-refractivity contribution in [3.63, 3.8) is 0 Å². The molecule has 2 heteroatoms. The molecule has 0 unspecified atom stereocenters. The third-order valence-corrected chi connectivity index (χ3v) is 4.69. The van der Waals surface area contributed by atoms with Gasteiger partial charge in [0.25, 0.3) is 0 Å². The van der Waals surface area contributed by atoms with Crippen molar-refractivity contribution in [2.45, 2.75) is 79.6 Å². The summed E-state index contributed by atoms with van der Waals surface area (Å²) in [5.41, 5.74) is 3.84. The van der Waals surface area contributed by atoms with Crippen LogP contribution in [0.5, 0.6) is 0 Å². The molecule has 0 saturated carbocycles. The van der Waals surface area contributed by atoms with Gasteiger partial charge in [0.2, 0.25) is 0 Å². The van der Waals surface area contributed by atoms with Gasteiger partial charge >= 0.3 is 0 Å². The molecule has 0 saturated heterocycles. The molecule has 1 aromatic carbocycles. The summed E-state index contributed by atoms with van der Waals surface area (Å²) in [4.78, 5) is 0. The Hall–Kier alpha value is -1.44. The predicted molar refractivity (Wildman–Crippen MR) is 105 cm³/mol. The number of allylic oxidation sites excluding steroid dienone is 4. The zero-order valence-corrected chi connectivity index (χ0v) is 16.8. The lowest BCUT2D eigenvalue weighted by Gasteiger charge is -2.17. The topological polar surface area (TPSA) is 0 Å². The van der Waals surface area contributed by atoms with Gasteiger partial charge in [0.05, 0.1) is 0 Å². The first-order valence-corrected chi connectivity index (χ1v) is 9.67. The fourth-order valence-electron chi connectivity index (χ4n) is 3.02. The van der Waals surface area contributed by atoms with Crippen molar-refractivity contribution in [2.24, 2.45) is 5.92 Å². The highest BCUT2D eigenvalue weighted by molar-refractivity contribution is 5.34. The van der Waals surface area contributed by atoms with Gasteiger partial charge in [-0.2, -0.15) is 0 Å². The summed E-state index contributed by atoms with van der Waals surface area (Å²) in [7, 11) is 0. The molecular weight excluding hydrogens is 314 g/mol. The minimum absolute atomic E-state index is 0.0481. The normalized spacial score (nSPS) is 14.6. The van der Waals surface area contributed by atoms with Crippen LogP contribution in [0, 0.1) is 11.7 Å². The minimum Gasteiger partial charge on any atom is -0.207 e. The maximum Gasteiger partial charge on any atom is 0.126 e. The van der Waals surface area contributed by atoms with Crippen LogP contribution in [0.4, 0.5) is 8.78 Å². The first-order valence-electron chi connectivity index (χ1n) is 9.67. The van der Waals surface area contributed by atoms with E-state index in [4.69, 9.17) is 0 Å². The third-order valence-electron chi connectivity index (χ3n) is 4.69. The molecule has 0 aliphatic heterocycles. The number of aryl methyl sites for hydroxylation is 1. The Morgan fingerprint density at radius 3 is 2.16 bits per heavy atom. The smallest absolute Gasteiger partial charge is 0.126 e. The van der Waals surface area contributed by atoms with E-state index >= 15 is 0 Å². The van der Waals surface area contributed by atoms with Gasteiger partial charge in [-0.15, -0.1) is 0 Å². The zero-order chi connectivity index (χ0) is 19.0. The SMILES string of the molecule is CCC1=C(F)C(C(C)C)=CCC1.CCCc1ccc(C(C)C)cc1F. The fourth-order valence-corrected chi connectivity index (χ4v) is 3.02. The molecular formula is C23H34F2. The van der Waals surface area contributed by atoms with E-state index in [1.165, 1.54) is 0 Å². The molecule has 0 amide bonds. The van der Waals surface area contributed by atoms with Gasteiger partial charge in [0.1, 0.15) is 11.6 Å². The van der Waals surface area contributed by atoms with Crippen molar-refractivity contribution in [1.82, 2.24) is 0 Å². The van der Waals surface area contributed by atoms with Gasteiger partial charge in [-0.1, -0.05) is 66.2 Å². The van der Waals surface area contributed by atoms with Crippen molar-refractivity contribution in [3.05, 3.63) is 58.2 Å². The number of benzene rings is 1. The lowest BCUT2D eigenvalue weighted by molar-refractivity contribution is 0.571. The Labute approximate surface area is 153 Å². The van der Waals surface area contributed by atoms with Crippen molar-refractivity contribution in [2.75, 3.05) is 0 Å². The van der Waals surface area contributed by atoms with E-state index in [1.54, 1.807) is 6.07 Å². The van der Waals surface area contributed by atoms with Crippen LogP contribution in [0.3, 0.4) is 0 Å². The van der Waals surface area contributed by atoms with Gasteiger partial charge in [-0.05, 0) is 65.9 Å². The Bertz CT molecular complexity index is 607. The molecule has 0 N–H and O–H groups in total. The summed E-state index contributed by atoms with van der Waals surface area (Å²) >= 11 is 0. The summed E-state index contributed by atoms with van der Waals surface area (Å²) in [6.07, 6.45) is 6.67. The van der Waals surface area contributed by atoms with E-state index in [0.29, 0.717) is 11.8 Å². The summed E-state index contributed by atoms with van der Waals surface area (Å²) < 4.78 is 27.0.